The minimum Gasteiger partial charge on any atom is -0.480 e. The normalized spacial score (nSPS) is 15.5. The van der Waals surface area contributed by atoms with E-state index in [0.717, 1.165) is 30.5 Å². The highest BCUT2D eigenvalue weighted by Crippen LogP contribution is 2.35. The molecule has 1 aliphatic carbocycles. The molecule has 0 saturated heterocycles. The van der Waals surface area contributed by atoms with E-state index in [9.17, 15) is 22.8 Å². The van der Waals surface area contributed by atoms with Crippen molar-refractivity contribution < 1.29 is 31.8 Å². The molecule has 1 aliphatic rings. The number of alkyl halides is 3. The van der Waals surface area contributed by atoms with Crippen molar-refractivity contribution in [2.45, 2.75) is 77.8 Å². The van der Waals surface area contributed by atoms with E-state index in [1.807, 2.05) is 0 Å². The number of benzene rings is 1. The molecule has 7 nitrogen and oxygen atoms in total. The van der Waals surface area contributed by atoms with Crippen LogP contribution >= 0.6 is 0 Å². The van der Waals surface area contributed by atoms with Gasteiger partial charge < -0.3 is 9.47 Å². The van der Waals surface area contributed by atoms with Gasteiger partial charge in [0, 0.05) is 18.5 Å². The fourth-order valence-electron chi connectivity index (χ4n) is 3.07. The molecule has 2 aromatic rings. The first kappa shape index (κ1) is 23.8. The van der Waals surface area contributed by atoms with Crippen LogP contribution in [0.5, 0.6) is 5.75 Å². The fourth-order valence-corrected chi connectivity index (χ4v) is 3.07. The molecule has 1 saturated carbocycles. The highest BCUT2D eigenvalue weighted by Gasteiger charge is 2.39. The Morgan fingerprint density at radius 2 is 1.88 bits per heavy atom. The standard InChI is InChI=1S/C21H25F4N3O4/c1-6-17-26-28(19(30)27(17)12-7-8-12)15-10-16(31-11(2)21(23,24)25)13(9-14(15)22)18(29)32-20(3,4)5/h9-12H,6-8H2,1-5H3. The number of aromatic nitrogens is 3. The number of carbonyl (C=O) groups is 1. The minimum atomic E-state index is -4.74. The Kier molecular flexibility index (Phi) is 6.14. The van der Waals surface area contributed by atoms with Gasteiger partial charge in [0.25, 0.3) is 0 Å². The third-order valence-corrected chi connectivity index (χ3v) is 4.77. The molecule has 1 fully saturated rings. The molecule has 1 unspecified atom stereocenters. The van der Waals surface area contributed by atoms with Crippen molar-refractivity contribution in [2.75, 3.05) is 0 Å². The van der Waals surface area contributed by atoms with Crippen LogP contribution in [-0.2, 0) is 11.2 Å². The molecule has 1 aromatic heterocycles. The molecule has 32 heavy (non-hydrogen) atoms. The van der Waals surface area contributed by atoms with Gasteiger partial charge in [0.15, 0.2) is 6.10 Å². The van der Waals surface area contributed by atoms with Gasteiger partial charge in [0.05, 0.1) is 0 Å². The molecule has 0 N–H and O–H groups in total. The number of nitrogens with zero attached hydrogens (tertiary/aromatic N) is 3. The maximum Gasteiger partial charge on any atom is 0.425 e. The smallest absolute Gasteiger partial charge is 0.425 e. The summed E-state index contributed by atoms with van der Waals surface area (Å²) < 4.78 is 66.8. The Hall–Kier alpha value is -2.85. The predicted molar refractivity (Wildman–Crippen MR) is 107 cm³/mol. The molecule has 1 heterocycles. The van der Waals surface area contributed by atoms with Crippen molar-refractivity contribution in [3.8, 4) is 11.4 Å². The van der Waals surface area contributed by atoms with Gasteiger partial charge in [-0.15, -0.1) is 5.10 Å². The molecule has 0 bridgehead atoms. The van der Waals surface area contributed by atoms with Gasteiger partial charge in [-0.2, -0.15) is 17.9 Å². The van der Waals surface area contributed by atoms with Crippen molar-refractivity contribution in [3.63, 3.8) is 0 Å². The third kappa shape index (κ3) is 4.97. The predicted octanol–water partition coefficient (Wildman–Crippen LogP) is 4.36. The Balaban J connectivity index is 2.14. The molecule has 1 atom stereocenters. The van der Waals surface area contributed by atoms with E-state index in [-0.39, 0.29) is 6.04 Å². The molecule has 1 aromatic carbocycles. The molecule has 11 heteroatoms. The van der Waals surface area contributed by atoms with E-state index in [1.165, 1.54) is 4.57 Å². The van der Waals surface area contributed by atoms with E-state index in [4.69, 9.17) is 9.47 Å². The fraction of sp³-hybridized carbons (Fsp3) is 0.571. The van der Waals surface area contributed by atoms with Gasteiger partial charge in [-0.25, -0.2) is 14.0 Å². The lowest BCUT2D eigenvalue weighted by molar-refractivity contribution is -0.189. The van der Waals surface area contributed by atoms with E-state index in [1.54, 1.807) is 27.7 Å². The van der Waals surface area contributed by atoms with Gasteiger partial charge in [0.2, 0.25) is 0 Å². The topological polar surface area (TPSA) is 75.4 Å². The zero-order valence-electron chi connectivity index (χ0n) is 18.4. The Morgan fingerprint density at radius 1 is 1.25 bits per heavy atom. The zero-order valence-corrected chi connectivity index (χ0v) is 18.4. The number of aryl methyl sites for hydroxylation is 1. The van der Waals surface area contributed by atoms with E-state index in [2.05, 4.69) is 5.10 Å². The molecule has 176 valence electrons. The van der Waals surface area contributed by atoms with Crippen LogP contribution in [0.25, 0.3) is 5.69 Å². The van der Waals surface area contributed by atoms with Crippen LogP contribution in [0, 0.1) is 5.82 Å². The van der Waals surface area contributed by atoms with Gasteiger partial charge in [-0.3, -0.25) is 4.57 Å². The lowest BCUT2D eigenvalue weighted by Gasteiger charge is -2.23. The highest BCUT2D eigenvalue weighted by atomic mass is 19.4. The Labute approximate surface area is 181 Å². The van der Waals surface area contributed by atoms with Gasteiger partial charge in [-0.1, -0.05) is 6.92 Å². The van der Waals surface area contributed by atoms with E-state index >= 15 is 4.39 Å². The summed E-state index contributed by atoms with van der Waals surface area (Å²) in [7, 11) is 0. The quantitative estimate of drug-likeness (QED) is 0.474. The highest BCUT2D eigenvalue weighted by molar-refractivity contribution is 5.93. The van der Waals surface area contributed by atoms with Crippen LogP contribution in [0.15, 0.2) is 16.9 Å². The molecule has 0 radical (unpaired) electrons. The summed E-state index contributed by atoms with van der Waals surface area (Å²) in [4.78, 5) is 25.4. The van der Waals surface area contributed by atoms with Gasteiger partial charge >= 0.3 is 17.8 Å². The third-order valence-electron chi connectivity index (χ3n) is 4.77. The van der Waals surface area contributed by atoms with E-state index < -0.39 is 52.4 Å². The van der Waals surface area contributed by atoms with Gasteiger partial charge in [-0.05, 0) is 46.6 Å². The van der Waals surface area contributed by atoms with Crippen molar-refractivity contribution in [1.82, 2.24) is 14.3 Å². The second-order valence-electron chi connectivity index (χ2n) is 8.67. The maximum absolute atomic E-state index is 15.0. The van der Waals surface area contributed by atoms with Crippen LogP contribution in [0.4, 0.5) is 17.6 Å². The SMILES string of the molecule is CCc1nn(-c2cc(OC(C)C(F)(F)F)c(C(=O)OC(C)(C)C)cc2F)c(=O)n1C1CC1. The lowest BCUT2D eigenvalue weighted by atomic mass is 10.1. The maximum atomic E-state index is 15.0. The van der Waals surface area contributed by atoms with Gasteiger partial charge in [0.1, 0.15) is 34.2 Å². The van der Waals surface area contributed by atoms with E-state index in [0.29, 0.717) is 18.3 Å². The minimum absolute atomic E-state index is 0.0312. The number of hydrogen-bond donors (Lipinski definition) is 0. The summed E-state index contributed by atoms with van der Waals surface area (Å²) >= 11 is 0. The molecular weight excluding hydrogens is 434 g/mol. The zero-order chi connectivity index (χ0) is 24.0. The second-order valence-corrected chi connectivity index (χ2v) is 8.67. The molecule has 0 aliphatic heterocycles. The molecule has 0 spiro atoms. The first-order valence-electron chi connectivity index (χ1n) is 10.2. The average Bonchev–Trinajstić information content (AvgIpc) is 3.43. The number of carbonyl (C=O) groups excluding carboxylic acids is 1. The number of esters is 1. The summed E-state index contributed by atoms with van der Waals surface area (Å²) in [6, 6.07) is 1.55. The van der Waals surface area contributed by atoms with Crippen molar-refractivity contribution >= 4 is 5.97 Å². The molecular formula is C21H25F4N3O4. The molecule has 0 amide bonds. The summed E-state index contributed by atoms with van der Waals surface area (Å²) in [6.07, 6.45) is -5.05. The first-order valence-corrected chi connectivity index (χ1v) is 10.2. The van der Waals surface area contributed by atoms with Crippen LogP contribution < -0.4 is 10.4 Å². The lowest BCUT2D eigenvalue weighted by Crippen LogP contribution is -2.32. The van der Waals surface area contributed by atoms with Crippen molar-refractivity contribution in [2.24, 2.45) is 0 Å². The number of ether oxygens (including phenoxy) is 2. The Bertz CT molecular complexity index is 1080. The monoisotopic (exact) mass is 459 g/mol. The van der Waals surface area contributed by atoms with Crippen molar-refractivity contribution in [1.29, 1.82) is 0 Å². The summed E-state index contributed by atoms with van der Waals surface area (Å²) in [5, 5.41) is 4.16. The van der Waals surface area contributed by atoms with Crippen LogP contribution in [0.2, 0.25) is 0 Å². The van der Waals surface area contributed by atoms with Crippen molar-refractivity contribution in [3.05, 3.63) is 39.8 Å². The number of hydrogen-bond acceptors (Lipinski definition) is 5. The van der Waals surface area contributed by atoms with Crippen LogP contribution in [0.1, 0.15) is 69.7 Å². The van der Waals surface area contributed by atoms with Crippen LogP contribution in [-0.4, -0.2) is 38.2 Å². The average molecular weight is 459 g/mol. The first-order chi connectivity index (χ1) is 14.7. The summed E-state index contributed by atoms with van der Waals surface area (Å²) in [5.74, 6) is -2.22. The Morgan fingerprint density at radius 3 is 2.38 bits per heavy atom. The summed E-state index contributed by atoms with van der Waals surface area (Å²) in [6.45, 7) is 7.22. The summed E-state index contributed by atoms with van der Waals surface area (Å²) in [5.41, 5.74) is -2.53. The number of rotatable bonds is 6. The number of halogens is 4. The largest absolute Gasteiger partial charge is 0.480 e. The second kappa shape index (κ2) is 8.25. The van der Waals surface area contributed by atoms with Crippen LogP contribution in [0.3, 0.4) is 0 Å². The molecule has 3 rings (SSSR count).